The number of halogens is 1. The van der Waals surface area contributed by atoms with Crippen LogP contribution in [0.4, 0.5) is 5.69 Å². The smallest absolute Gasteiger partial charge is 0.258 e. The molecule has 0 spiro atoms. The van der Waals surface area contributed by atoms with Crippen LogP contribution in [0, 0.1) is 0 Å². The summed E-state index contributed by atoms with van der Waals surface area (Å²) in [6.45, 7) is 0.878. The van der Waals surface area contributed by atoms with Gasteiger partial charge < -0.3 is 14.8 Å². The Morgan fingerprint density at radius 1 is 1.11 bits per heavy atom. The summed E-state index contributed by atoms with van der Waals surface area (Å²) in [5, 5.41) is 3.23. The number of hydrogen-bond acceptors (Lipinski definition) is 5. The molecule has 0 fully saturated rings. The first-order valence-electron chi connectivity index (χ1n) is 8.50. The molecule has 0 aliphatic rings. The summed E-state index contributed by atoms with van der Waals surface area (Å²) in [5.41, 5.74) is 1.30. The van der Waals surface area contributed by atoms with Crippen LogP contribution in [0.1, 0.15) is 5.56 Å². The number of methoxy groups -OCH3 is 1. The Balaban J connectivity index is 2.03. The number of ether oxygens (including phenoxy) is 2. The number of nitrogens with zero attached hydrogens (tertiary/aromatic N) is 1. The zero-order valence-corrected chi connectivity index (χ0v) is 17.3. The maximum atomic E-state index is 12.2. The number of carbonyl (C=O) groups is 1. The minimum absolute atomic E-state index is 0.135. The summed E-state index contributed by atoms with van der Waals surface area (Å²) in [6, 6.07) is 13.5. The molecule has 0 unspecified atom stereocenters. The molecule has 0 aliphatic carbocycles. The highest BCUT2D eigenvalue weighted by atomic mass is 35.5. The molecule has 0 aromatic heterocycles. The predicted molar refractivity (Wildman–Crippen MR) is 109 cm³/mol. The van der Waals surface area contributed by atoms with Gasteiger partial charge >= 0.3 is 0 Å². The van der Waals surface area contributed by atoms with Gasteiger partial charge in [-0.15, -0.1) is 0 Å². The van der Waals surface area contributed by atoms with Crippen LogP contribution in [-0.4, -0.2) is 47.4 Å². The summed E-state index contributed by atoms with van der Waals surface area (Å²) in [7, 11) is -1.94. The van der Waals surface area contributed by atoms with Crippen LogP contribution < -0.4 is 14.4 Å². The van der Waals surface area contributed by atoms with Crippen LogP contribution in [0.5, 0.6) is 5.75 Å². The Morgan fingerprint density at radius 2 is 1.75 bits per heavy atom. The first-order valence-corrected chi connectivity index (χ1v) is 10.7. The van der Waals surface area contributed by atoms with Gasteiger partial charge in [-0.2, -0.15) is 0 Å². The van der Waals surface area contributed by atoms with Crippen molar-refractivity contribution in [3.05, 3.63) is 59.1 Å². The van der Waals surface area contributed by atoms with E-state index < -0.39 is 10.0 Å². The molecular formula is C19H23ClN2O5S. The average Bonchev–Trinajstić information content (AvgIpc) is 2.66. The third-order valence-electron chi connectivity index (χ3n) is 3.76. The Hall–Kier alpha value is -2.29. The van der Waals surface area contributed by atoms with Crippen LogP contribution in [0.2, 0.25) is 5.02 Å². The van der Waals surface area contributed by atoms with Gasteiger partial charge in [-0.3, -0.25) is 9.10 Å². The number of benzene rings is 2. The van der Waals surface area contributed by atoms with E-state index in [9.17, 15) is 13.2 Å². The van der Waals surface area contributed by atoms with Crippen LogP contribution >= 0.6 is 11.6 Å². The van der Waals surface area contributed by atoms with E-state index in [-0.39, 0.29) is 19.1 Å². The third kappa shape index (κ3) is 7.03. The molecular weight excluding hydrogens is 404 g/mol. The molecule has 0 heterocycles. The number of carbonyl (C=O) groups excluding carboxylic acids is 1. The lowest BCUT2D eigenvalue weighted by molar-refractivity contribution is -0.123. The zero-order valence-electron chi connectivity index (χ0n) is 15.7. The molecule has 0 saturated heterocycles. The van der Waals surface area contributed by atoms with Gasteiger partial charge in [0.05, 0.1) is 25.1 Å². The molecule has 0 bridgehead atoms. The SMILES string of the molecule is COCCNC(=O)COc1ccc(N(Cc2ccc(Cl)cc2)S(C)(=O)=O)cc1. The van der Waals surface area contributed by atoms with Crippen molar-refractivity contribution in [2.24, 2.45) is 0 Å². The molecule has 2 rings (SSSR count). The summed E-state index contributed by atoms with van der Waals surface area (Å²) in [5.74, 6) is 0.201. The molecule has 1 N–H and O–H groups in total. The van der Waals surface area contributed by atoms with Crippen molar-refractivity contribution in [1.82, 2.24) is 5.32 Å². The molecule has 0 aliphatic heterocycles. The highest BCUT2D eigenvalue weighted by Crippen LogP contribution is 2.24. The Labute approximate surface area is 170 Å². The first kappa shape index (κ1) is 22.0. The maximum absolute atomic E-state index is 12.2. The fourth-order valence-electron chi connectivity index (χ4n) is 2.36. The highest BCUT2D eigenvalue weighted by molar-refractivity contribution is 7.92. The number of amides is 1. The van der Waals surface area contributed by atoms with Gasteiger partial charge in [-0.25, -0.2) is 8.42 Å². The normalized spacial score (nSPS) is 11.1. The Bertz CT molecular complexity index is 870. The highest BCUT2D eigenvalue weighted by Gasteiger charge is 2.18. The lowest BCUT2D eigenvalue weighted by atomic mass is 10.2. The quantitative estimate of drug-likeness (QED) is 0.590. The lowest BCUT2D eigenvalue weighted by Gasteiger charge is -2.23. The van der Waals surface area contributed by atoms with E-state index in [4.69, 9.17) is 21.1 Å². The molecule has 1 amide bonds. The Kier molecular flexibility index (Phi) is 8.10. The van der Waals surface area contributed by atoms with E-state index in [1.807, 2.05) is 0 Å². The van der Waals surface area contributed by atoms with Gasteiger partial charge in [0, 0.05) is 18.7 Å². The summed E-state index contributed by atoms with van der Waals surface area (Å²) >= 11 is 5.88. The minimum Gasteiger partial charge on any atom is -0.484 e. The van der Waals surface area contributed by atoms with E-state index in [1.165, 1.54) is 4.31 Å². The predicted octanol–water partition coefficient (Wildman–Crippen LogP) is 2.45. The number of sulfonamides is 1. The van der Waals surface area contributed by atoms with Crippen LogP contribution in [-0.2, 0) is 26.1 Å². The third-order valence-corrected chi connectivity index (χ3v) is 5.16. The van der Waals surface area contributed by atoms with Gasteiger partial charge in [0.2, 0.25) is 10.0 Å². The Morgan fingerprint density at radius 3 is 2.32 bits per heavy atom. The van der Waals surface area contributed by atoms with Crippen LogP contribution in [0.25, 0.3) is 0 Å². The van der Waals surface area contributed by atoms with Gasteiger partial charge in [0.15, 0.2) is 6.61 Å². The second-order valence-electron chi connectivity index (χ2n) is 6.02. The molecule has 2 aromatic carbocycles. The molecule has 7 nitrogen and oxygen atoms in total. The molecule has 0 atom stereocenters. The zero-order chi connectivity index (χ0) is 20.6. The van der Waals surface area contributed by atoms with E-state index in [2.05, 4.69) is 5.32 Å². The summed E-state index contributed by atoms with van der Waals surface area (Å²) in [4.78, 5) is 11.6. The second kappa shape index (κ2) is 10.3. The van der Waals surface area contributed by atoms with Crippen molar-refractivity contribution >= 4 is 33.2 Å². The lowest BCUT2D eigenvalue weighted by Crippen LogP contribution is -2.31. The summed E-state index contributed by atoms with van der Waals surface area (Å²) in [6.07, 6.45) is 1.15. The second-order valence-corrected chi connectivity index (χ2v) is 8.36. The van der Waals surface area contributed by atoms with E-state index >= 15 is 0 Å². The fourth-order valence-corrected chi connectivity index (χ4v) is 3.37. The van der Waals surface area contributed by atoms with Gasteiger partial charge in [-0.1, -0.05) is 23.7 Å². The van der Waals surface area contributed by atoms with Crippen molar-refractivity contribution in [3.8, 4) is 5.75 Å². The van der Waals surface area contributed by atoms with Crippen molar-refractivity contribution in [3.63, 3.8) is 0 Å². The molecule has 9 heteroatoms. The minimum atomic E-state index is -3.49. The number of hydrogen-bond donors (Lipinski definition) is 1. The molecule has 2 aromatic rings. The molecule has 28 heavy (non-hydrogen) atoms. The first-order chi connectivity index (χ1) is 13.3. The van der Waals surface area contributed by atoms with Crippen molar-refractivity contribution < 1.29 is 22.7 Å². The fraction of sp³-hybridized carbons (Fsp3) is 0.316. The number of nitrogens with one attached hydrogen (secondary N) is 1. The van der Waals surface area contributed by atoms with Crippen LogP contribution in [0.15, 0.2) is 48.5 Å². The maximum Gasteiger partial charge on any atom is 0.258 e. The van der Waals surface area contributed by atoms with Crippen molar-refractivity contribution in [2.45, 2.75) is 6.54 Å². The summed E-state index contributed by atoms with van der Waals surface area (Å²) < 4.78 is 36.0. The molecule has 152 valence electrons. The van der Waals surface area contributed by atoms with Crippen molar-refractivity contribution in [2.75, 3.05) is 37.4 Å². The van der Waals surface area contributed by atoms with Gasteiger partial charge in [0.1, 0.15) is 5.75 Å². The largest absolute Gasteiger partial charge is 0.484 e. The molecule has 0 saturated carbocycles. The number of rotatable bonds is 10. The number of anilines is 1. The van der Waals surface area contributed by atoms with E-state index in [0.717, 1.165) is 11.8 Å². The standard InChI is InChI=1S/C19H23ClN2O5S/c1-26-12-11-21-19(23)14-27-18-9-7-17(8-10-18)22(28(2,24)25)13-15-3-5-16(20)6-4-15/h3-10H,11-14H2,1-2H3,(H,21,23). The van der Waals surface area contributed by atoms with Gasteiger partial charge in [0.25, 0.3) is 5.91 Å². The topological polar surface area (TPSA) is 84.9 Å². The van der Waals surface area contributed by atoms with Gasteiger partial charge in [-0.05, 0) is 42.0 Å². The molecule has 0 radical (unpaired) electrons. The average molecular weight is 427 g/mol. The van der Waals surface area contributed by atoms with E-state index in [1.54, 1.807) is 55.6 Å². The van der Waals surface area contributed by atoms with E-state index in [0.29, 0.717) is 29.6 Å². The van der Waals surface area contributed by atoms with Crippen molar-refractivity contribution in [1.29, 1.82) is 0 Å². The monoisotopic (exact) mass is 426 g/mol. The van der Waals surface area contributed by atoms with Crippen LogP contribution in [0.3, 0.4) is 0 Å².